The average molecular weight is 415 g/mol. The van der Waals surface area contributed by atoms with Crippen LogP contribution in [0.15, 0.2) is 36.7 Å². The van der Waals surface area contributed by atoms with Crippen molar-refractivity contribution in [3.8, 4) is 0 Å². The van der Waals surface area contributed by atoms with E-state index < -0.39 is 0 Å². The normalized spacial score (nSPS) is 16.6. The third kappa shape index (κ3) is 5.09. The Morgan fingerprint density at radius 3 is 2.43 bits per heavy atom. The lowest BCUT2D eigenvalue weighted by Crippen LogP contribution is -2.48. The molecule has 164 valence electrons. The molecule has 1 aromatic heterocycles. The van der Waals surface area contributed by atoms with Crippen LogP contribution in [0.25, 0.3) is 0 Å². The van der Waals surface area contributed by atoms with Crippen molar-refractivity contribution in [1.29, 1.82) is 0 Å². The van der Waals surface area contributed by atoms with E-state index in [1.54, 1.807) is 14.2 Å². The first-order valence-electron chi connectivity index (χ1n) is 10.7. The van der Waals surface area contributed by atoms with E-state index in [9.17, 15) is 4.79 Å². The van der Waals surface area contributed by atoms with Gasteiger partial charge in [0.15, 0.2) is 0 Å². The lowest BCUT2D eigenvalue weighted by atomic mass is 9.99. The largest absolute Gasteiger partial charge is 0.383 e. The maximum Gasteiger partial charge on any atom is 0.246 e. The van der Waals surface area contributed by atoms with Crippen LogP contribution in [0.5, 0.6) is 0 Å². The van der Waals surface area contributed by atoms with Crippen LogP contribution in [0.4, 0.5) is 0 Å². The highest BCUT2D eigenvalue weighted by molar-refractivity contribution is 5.83. The predicted octanol–water partition coefficient (Wildman–Crippen LogP) is 2.68. The molecule has 0 N–H and O–H groups in total. The first-order chi connectivity index (χ1) is 14.6. The zero-order chi connectivity index (χ0) is 21.5. The van der Waals surface area contributed by atoms with Crippen molar-refractivity contribution in [2.24, 2.45) is 0 Å². The summed E-state index contributed by atoms with van der Waals surface area (Å²) in [6.45, 7) is 7.87. The average Bonchev–Trinajstić information content (AvgIpc) is 3.18. The third-order valence-electron chi connectivity index (χ3n) is 5.63. The van der Waals surface area contributed by atoms with Crippen molar-refractivity contribution in [2.75, 3.05) is 47.1 Å². The van der Waals surface area contributed by atoms with Crippen LogP contribution in [-0.2, 0) is 27.2 Å². The highest BCUT2D eigenvalue weighted by Gasteiger charge is 2.39. The number of imidazole rings is 1. The molecule has 0 fully saturated rings. The summed E-state index contributed by atoms with van der Waals surface area (Å²) < 4.78 is 12.7. The summed E-state index contributed by atoms with van der Waals surface area (Å²) in [4.78, 5) is 22.7. The van der Waals surface area contributed by atoms with Crippen LogP contribution in [0, 0.1) is 0 Å². The smallest absolute Gasteiger partial charge is 0.246 e. The summed E-state index contributed by atoms with van der Waals surface area (Å²) in [6, 6.07) is 10.2. The summed E-state index contributed by atoms with van der Waals surface area (Å²) in [5.74, 6) is 0.0865. The maximum absolute atomic E-state index is 13.9. The van der Waals surface area contributed by atoms with E-state index in [4.69, 9.17) is 9.47 Å². The molecule has 0 saturated carbocycles. The molecule has 7 heteroatoms. The molecule has 30 heavy (non-hydrogen) atoms. The summed E-state index contributed by atoms with van der Waals surface area (Å²) in [5.41, 5.74) is 3.26. The number of rotatable bonds is 10. The first-order valence-corrected chi connectivity index (χ1v) is 10.7. The topological polar surface area (TPSA) is 59.8 Å². The second kappa shape index (κ2) is 10.7. The number of nitrogens with zero attached hydrogens (tertiary/aromatic N) is 4. The zero-order valence-corrected chi connectivity index (χ0v) is 18.6. The molecule has 0 bridgehead atoms. The second-order valence-electron chi connectivity index (χ2n) is 8.00. The van der Waals surface area contributed by atoms with Crippen molar-refractivity contribution < 1.29 is 14.3 Å². The van der Waals surface area contributed by atoms with Gasteiger partial charge < -0.3 is 18.9 Å². The van der Waals surface area contributed by atoms with Gasteiger partial charge in [0.05, 0.1) is 30.9 Å². The summed E-state index contributed by atoms with van der Waals surface area (Å²) in [5, 5.41) is 0. The van der Waals surface area contributed by atoms with Gasteiger partial charge in [0.25, 0.3) is 0 Å². The van der Waals surface area contributed by atoms with Crippen molar-refractivity contribution in [3.63, 3.8) is 0 Å². The van der Waals surface area contributed by atoms with Gasteiger partial charge in [-0.2, -0.15) is 0 Å². The van der Waals surface area contributed by atoms with Crippen molar-refractivity contribution in [3.05, 3.63) is 53.6 Å². The quantitative estimate of drug-likeness (QED) is 0.598. The molecule has 2 aromatic rings. The molecule has 7 nitrogen and oxygen atoms in total. The van der Waals surface area contributed by atoms with Gasteiger partial charge in [-0.15, -0.1) is 0 Å². The second-order valence-corrected chi connectivity index (χ2v) is 8.00. The molecule has 1 aliphatic heterocycles. The van der Waals surface area contributed by atoms with Crippen LogP contribution in [-0.4, -0.2) is 72.3 Å². The highest BCUT2D eigenvalue weighted by atomic mass is 16.5. The summed E-state index contributed by atoms with van der Waals surface area (Å²) in [6.07, 6.45) is 2.73. The third-order valence-corrected chi connectivity index (χ3v) is 5.63. The van der Waals surface area contributed by atoms with Crippen molar-refractivity contribution in [2.45, 2.75) is 38.9 Å². The Labute approximate surface area is 179 Å². The first kappa shape index (κ1) is 22.5. The van der Waals surface area contributed by atoms with Gasteiger partial charge >= 0.3 is 0 Å². The minimum Gasteiger partial charge on any atom is -0.383 e. The molecule has 0 spiro atoms. The van der Waals surface area contributed by atoms with Crippen LogP contribution >= 0.6 is 0 Å². The molecule has 2 heterocycles. The Morgan fingerprint density at radius 2 is 1.83 bits per heavy atom. The number of hydrogen-bond donors (Lipinski definition) is 0. The highest BCUT2D eigenvalue weighted by Crippen LogP contribution is 2.33. The van der Waals surface area contributed by atoms with Gasteiger partial charge in [0, 0.05) is 52.9 Å². The number of aromatic nitrogens is 2. The Hall–Kier alpha value is -2.22. The zero-order valence-electron chi connectivity index (χ0n) is 18.6. The molecule has 1 amide bonds. The van der Waals surface area contributed by atoms with Crippen molar-refractivity contribution >= 4 is 5.91 Å². The number of carbonyl (C=O) groups excluding carboxylic acids is 1. The van der Waals surface area contributed by atoms with Gasteiger partial charge in [-0.05, 0) is 19.4 Å². The predicted molar refractivity (Wildman–Crippen MR) is 116 cm³/mol. The van der Waals surface area contributed by atoms with E-state index in [1.807, 2.05) is 29.4 Å². The summed E-state index contributed by atoms with van der Waals surface area (Å²) >= 11 is 0. The van der Waals surface area contributed by atoms with Crippen molar-refractivity contribution in [1.82, 2.24) is 19.4 Å². The Bertz CT molecular complexity index is 798. The number of benzene rings is 1. The Morgan fingerprint density at radius 1 is 1.17 bits per heavy atom. The molecule has 1 aromatic carbocycles. The fourth-order valence-electron chi connectivity index (χ4n) is 4.03. The maximum atomic E-state index is 13.9. The van der Waals surface area contributed by atoms with E-state index in [0.717, 1.165) is 30.9 Å². The number of fused-ring (bicyclic) bond motifs is 1. The number of methoxy groups -OCH3 is 2. The van der Waals surface area contributed by atoms with E-state index in [0.29, 0.717) is 26.3 Å². The molecular formula is C23H34N4O3. The van der Waals surface area contributed by atoms with Gasteiger partial charge in [-0.25, -0.2) is 4.98 Å². The van der Waals surface area contributed by atoms with E-state index in [-0.39, 0.29) is 18.0 Å². The molecule has 0 saturated heterocycles. The fourth-order valence-corrected chi connectivity index (χ4v) is 4.03. The minimum absolute atomic E-state index is 0.0865. The van der Waals surface area contributed by atoms with Crippen LogP contribution in [0.1, 0.15) is 42.9 Å². The lowest BCUT2D eigenvalue weighted by molar-refractivity contribution is -0.139. The molecular weight excluding hydrogens is 380 g/mol. The molecule has 3 rings (SSSR count). The van der Waals surface area contributed by atoms with Gasteiger partial charge in [-0.1, -0.05) is 30.3 Å². The fraction of sp³-hybridized carbons (Fsp3) is 0.565. The van der Waals surface area contributed by atoms with Gasteiger partial charge in [-0.3, -0.25) is 9.69 Å². The number of carbonyl (C=O) groups is 1. The molecule has 0 unspecified atom stereocenters. The summed E-state index contributed by atoms with van der Waals surface area (Å²) in [7, 11) is 3.32. The van der Waals surface area contributed by atoms with E-state index in [1.165, 1.54) is 5.56 Å². The van der Waals surface area contributed by atoms with E-state index >= 15 is 0 Å². The lowest BCUT2D eigenvalue weighted by Gasteiger charge is -2.38. The number of hydrogen-bond acceptors (Lipinski definition) is 5. The number of ether oxygens (including phenoxy) is 2. The van der Waals surface area contributed by atoms with Crippen LogP contribution < -0.4 is 0 Å². The minimum atomic E-state index is -0.368. The monoisotopic (exact) mass is 414 g/mol. The van der Waals surface area contributed by atoms with Gasteiger partial charge in [0.1, 0.15) is 6.04 Å². The van der Waals surface area contributed by atoms with Crippen LogP contribution in [0.3, 0.4) is 0 Å². The van der Waals surface area contributed by atoms with E-state index in [2.05, 4.69) is 40.4 Å². The standard InChI is InChI=1S/C23H34N4O3/c1-18(2)27-17-24-20-10-11-26(16-19-8-6-5-7-9-19)22(21(20)27)23(28)25(12-14-29-3)13-15-30-4/h5-9,17-18,22H,10-16H2,1-4H3/t22-/m1/s1. The van der Waals surface area contributed by atoms with Gasteiger partial charge in [0.2, 0.25) is 5.91 Å². The SMILES string of the molecule is COCCN(CCOC)C(=O)[C@H]1c2c(ncn2C(C)C)CCN1Cc1ccccc1. The molecule has 1 aliphatic rings. The Kier molecular flexibility index (Phi) is 8.01. The van der Waals surface area contributed by atoms with Crippen LogP contribution in [0.2, 0.25) is 0 Å². The molecule has 0 aliphatic carbocycles. The molecule has 0 radical (unpaired) electrons. The Balaban J connectivity index is 1.96. The number of amides is 1. The molecule has 1 atom stereocenters.